The number of pyridine rings is 1. The zero-order chi connectivity index (χ0) is 11.8. The lowest BCUT2D eigenvalue weighted by Crippen LogP contribution is -1.82. The van der Waals surface area contributed by atoms with Crippen LogP contribution in [0.25, 0.3) is 22.4 Å². The fraction of sp³-hybridized carbons (Fsp3) is 0. The van der Waals surface area contributed by atoms with Crippen LogP contribution in [0.4, 0.5) is 0 Å². The second kappa shape index (κ2) is 4.02. The fourth-order valence-electron chi connectivity index (χ4n) is 1.66. The summed E-state index contributed by atoms with van der Waals surface area (Å²) in [5.74, 6) is 0.695. The maximum absolute atomic E-state index is 6.12. The molecule has 0 radical (unpaired) electrons. The van der Waals surface area contributed by atoms with E-state index < -0.39 is 0 Å². The van der Waals surface area contributed by atoms with E-state index in [-0.39, 0.29) is 0 Å². The molecule has 0 saturated heterocycles. The summed E-state index contributed by atoms with van der Waals surface area (Å²) < 4.78 is 0. The lowest BCUT2D eigenvalue weighted by molar-refractivity contribution is 1.33. The maximum Gasteiger partial charge on any atom is 0.140 e. The highest BCUT2D eigenvalue weighted by Crippen LogP contribution is 2.29. The highest BCUT2D eigenvalue weighted by atomic mass is 35.5. The Bertz CT molecular complexity index is 658. The summed E-state index contributed by atoms with van der Waals surface area (Å²) in [6.07, 6.45) is 3.43. The van der Waals surface area contributed by atoms with Gasteiger partial charge in [-0.2, -0.15) is 0 Å². The highest BCUT2D eigenvalue weighted by Gasteiger charge is 2.09. The zero-order valence-corrected chi connectivity index (χ0v) is 10.1. The molecule has 0 aliphatic carbocycles. The topological polar surface area (TPSA) is 41.6 Å². The Labute approximate surface area is 107 Å². The Kier molecular flexibility index (Phi) is 2.50. The molecular weight excluding hydrogens is 257 g/mol. The van der Waals surface area contributed by atoms with Crippen molar-refractivity contribution in [2.45, 2.75) is 0 Å². The molecule has 3 rings (SSSR count). The molecule has 3 aromatic rings. The average Bonchev–Trinajstić information content (AvgIpc) is 2.75. The zero-order valence-electron chi connectivity index (χ0n) is 8.61. The summed E-state index contributed by atoms with van der Waals surface area (Å²) in [6.45, 7) is 0. The van der Waals surface area contributed by atoms with Crippen molar-refractivity contribution in [3.8, 4) is 11.4 Å². The molecule has 2 heterocycles. The van der Waals surface area contributed by atoms with E-state index in [4.69, 9.17) is 23.2 Å². The normalized spacial score (nSPS) is 10.9. The maximum atomic E-state index is 6.12. The molecule has 1 aromatic carbocycles. The second-order valence-electron chi connectivity index (χ2n) is 3.60. The van der Waals surface area contributed by atoms with Gasteiger partial charge in [-0.3, -0.25) is 4.98 Å². The summed E-state index contributed by atoms with van der Waals surface area (Å²) in [5.41, 5.74) is 2.51. The van der Waals surface area contributed by atoms with Crippen molar-refractivity contribution in [1.29, 1.82) is 0 Å². The smallest absolute Gasteiger partial charge is 0.140 e. The summed E-state index contributed by atoms with van der Waals surface area (Å²) in [6, 6.07) is 7.13. The Hall–Kier alpha value is -1.58. The van der Waals surface area contributed by atoms with Gasteiger partial charge < -0.3 is 4.98 Å². The molecule has 0 saturated carbocycles. The standard InChI is InChI=1S/C12H7Cl2N3/c13-7-1-2-9(14)8(5-7)12-16-10-3-4-15-6-11(10)17-12/h1-6H,(H,16,17). The average molecular weight is 264 g/mol. The highest BCUT2D eigenvalue weighted by molar-refractivity contribution is 6.35. The number of nitrogens with zero attached hydrogens (tertiary/aromatic N) is 2. The van der Waals surface area contributed by atoms with Gasteiger partial charge in [-0.1, -0.05) is 23.2 Å². The number of fused-ring (bicyclic) bond motifs is 1. The van der Waals surface area contributed by atoms with E-state index in [0.29, 0.717) is 15.9 Å². The lowest BCUT2D eigenvalue weighted by atomic mass is 10.2. The van der Waals surface area contributed by atoms with Crippen molar-refractivity contribution in [2.24, 2.45) is 0 Å². The van der Waals surface area contributed by atoms with Crippen LogP contribution < -0.4 is 0 Å². The molecule has 0 spiro atoms. The quantitative estimate of drug-likeness (QED) is 0.723. The van der Waals surface area contributed by atoms with Crippen LogP contribution in [0.2, 0.25) is 10.0 Å². The molecule has 3 nitrogen and oxygen atoms in total. The SMILES string of the molecule is Clc1ccc(Cl)c(-c2nc3ccncc3[nH]2)c1. The van der Waals surface area contributed by atoms with E-state index in [2.05, 4.69) is 15.0 Å². The van der Waals surface area contributed by atoms with E-state index >= 15 is 0 Å². The predicted octanol–water partition coefficient (Wildman–Crippen LogP) is 3.93. The summed E-state index contributed by atoms with van der Waals surface area (Å²) >= 11 is 12.1. The molecule has 17 heavy (non-hydrogen) atoms. The lowest BCUT2D eigenvalue weighted by Gasteiger charge is -2.00. The largest absolute Gasteiger partial charge is 0.337 e. The number of nitrogens with one attached hydrogen (secondary N) is 1. The van der Waals surface area contributed by atoms with Crippen LogP contribution in [0.15, 0.2) is 36.7 Å². The van der Waals surface area contributed by atoms with Crippen molar-refractivity contribution < 1.29 is 0 Å². The predicted molar refractivity (Wildman–Crippen MR) is 69.3 cm³/mol. The minimum atomic E-state index is 0.612. The number of hydrogen-bond donors (Lipinski definition) is 1. The number of rotatable bonds is 1. The Morgan fingerprint density at radius 3 is 2.82 bits per heavy atom. The van der Waals surface area contributed by atoms with Crippen LogP contribution in [0.5, 0.6) is 0 Å². The van der Waals surface area contributed by atoms with Gasteiger partial charge in [-0.15, -0.1) is 0 Å². The van der Waals surface area contributed by atoms with E-state index in [1.165, 1.54) is 0 Å². The van der Waals surface area contributed by atoms with Crippen LogP contribution in [-0.4, -0.2) is 15.0 Å². The summed E-state index contributed by atoms with van der Waals surface area (Å²) in [5, 5.41) is 1.24. The minimum absolute atomic E-state index is 0.612. The second-order valence-corrected chi connectivity index (χ2v) is 4.45. The molecule has 0 atom stereocenters. The molecule has 0 fully saturated rings. The van der Waals surface area contributed by atoms with E-state index in [0.717, 1.165) is 16.6 Å². The first-order valence-electron chi connectivity index (χ1n) is 4.99. The molecule has 84 valence electrons. The van der Waals surface area contributed by atoms with Crippen molar-refractivity contribution in [2.75, 3.05) is 0 Å². The Balaban J connectivity index is 2.23. The van der Waals surface area contributed by atoms with Crippen LogP contribution in [0.1, 0.15) is 0 Å². The number of H-pyrrole nitrogens is 1. The Morgan fingerprint density at radius 1 is 1.12 bits per heavy atom. The first-order valence-corrected chi connectivity index (χ1v) is 5.75. The molecular formula is C12H7Cl2N3. The van der Waals surface area contributed by atoms with Crippen molar-refractivity contribution in [1.82, 2.24) is 15.0 Å². The van der Waals surface area contributed by atoms with Crippen molar-refractivity contribution >= 4 is 34.2 Å². The van der Waals surface area contributed by atoms with Gasteiger partial charge >= 0.3 is 0 Å². The third-order valence-corrected chi connectivity index (χ3v) is 3.03. The first kappa shape index (κ1) is 10.6. The number of imidazole rings is 1. The van der Waals surface area contributed by atoms with Crippen LogP contribution in [0.3, 0.4) is 0 Å². The number of benzene rings is 1. The molecule has 0 aliphatic heterocycles. The van der Waals surface area contributed by atoms with Crippen molar-refractivity contribution in [3.63, 3.8) is 0 Å². The van der Waals surface area contributed by atoms with E-state index in [9.17, 15) is 0 Å². The number of aromatic amines is 1. The molecule has 2 aromatic heterocycles. The molecule has 0 amide bonds. The van der Waals surface area contributed by atoms with Crippen LogP contribution in [-0.2, 0) is 0 Å². The van der Waals surface area contributed by atoms with E-state index in [1.54, 1.807) is 30.6 Å². The van der Waals surface area contributed by atoms with Gasteiger partial charge in [0, 0.05) is 16.8 Å². The number of aromatic nitrogens is 3. The van der Waals surface area contributed by atoms with Gasteiger partial charge in [0.1, 0.15) is 5.82 Å². The molecule has 1 N–H and O–H groups in total. The first-order chi connectivity index (χ1) is 8.24. The van der Waals surface area contributed by atoms with Gasteiger partial charge in [-0.05, 0) is 24.3 Å². The summed E-state index contributed by atoms with van der Waals surface area (Å²) in [4.78, 5) is 11.6. The third-order valence-electron chi connectivity index (χ3n) is 2.47. The Morgan fingerprint density at radius 2 is 2.00 bits per heavy atom. The van der Waals surface area contributed by atoms with E-state index in [1.807, 2.05) is 6.07 Å². The van der Waals surface area contributed by atoms with Gasteiger partial charge in [0.05, 0.1) is 22.3 Å². The monoisotopic (exact) mass is 263 g/mol. The van der Waals surface area contributed by atoms with Gasteiger partial charge in [0.2, 0.25) is 0 Å². The number of halogens is 2. The van der Waals surface area contributed by atoms with Crippen LogP contribution in [0, 0.1) is 0 Å². The van der Waals surface area contributed by atoms with Crippen molar-refractivity contribution in [3.05, 3.63) is 46.7 Å². The summed E-state index contributed by atoms with van der Waals surface area (Å²) in [7, 11) is 0. The molecule has 0 unspecified atom stereocenters. The van der Waals surface area contributed by atoms with Gasteiger partial charge in [-0.25, -0.2) is 4.98 Å². The van der Waals surface area contributed by atoms with Crippen LogP contribution >= 0.6 is 23.2 Å². The number of hydrogen-bond acceptors (Lipinski definition) is 2. The fourth-order valence-corrected chi connectivity index (χ4v) is 2.04. The van der Waals surface area contributed by atoms with Gasteiger partial charge in [0.25, 0.3) is 0 Å². The molecule has 5 heteroatoms. The molecule has 0 aliphatic rings. The van der Waals surface area contributed by atoms with Gasteiger partial charge in [0.15, 0.2) is 0 Å². The minimum Gasteiger partial charge on any atom is -0.337 e. The third kappa shape index (κ3) is 1.88. The molecule has 0 bridgehead atoms.